The summed E-state index contributed by atoms with van der Waals surface area (Å²) in [5, 5.41) is 0. The Bertz CT molecular complexity index is 941. The van der Waals surface area contributed by atoms with E-state index in [1.807, 2.05) is 28.9 Å². The Hall–Kier alpha value is -2.63. The molecule has 31 heavy (non-hydrogen) atoms. The summed E-state index contributed by atoms with van der Waals surface area (Å²) in [5.41, 5.74) is 2.48. The van der Waals surface area contributed by atoms with E-state index in [0.717, 1.165) is 44.3 Å². The molecule has 2 fully saturated rings. The fourth-order valence-corrected chi connectivity index (χ4v) is 4.48. The fraction of sp³-hybridized carbons (Fsp3) is 0.560. The molecule has 1 aromatic carbocycles. The second kappa shape index (κ2) is 8.48. The Kier molecular flexibility index (Phi) is 5.91. The van der Waals surface area contributed by atoms with Gasteiger partial charge in [-0.2, -0.15) is 0 Å². The van der Waals surface area contributed by atoms with Crippen molar-refractivity contribution in [2.75, 3.05) is 26.2 Å². The lowest BCUT2D eigenvalue weighted by atomic mass is 9.86. The number of hydrogen-bond acceptors (Lipinski definition) is 4. The van der Waals surface area contributed by atoms with Crippen LogP contribution in [0.4, 0.5) is 0 Å². The van der Waals surface area contributed by atoms with Crippen LogP contribution in [0.2, 0.25) is 0 Å². The minimum atomic E-state index is -0.0173. The van der Waals surface area contributed by atoms with Gasteiger partial charge in [-0.05, 0) is 55.7 Å². The maximum atomic E-state index is 12.9. The summed E-state index contributed by atoms with van der Waals surface area (Å²) in [6.07, 6.45) is 3.70. The smallest absolute Gasteiger partial charge is 0.276 e. The monoisotopic (exact) mass is 423 g/mol. The van der Waals surface area contributed by atoms with Crippen molar-refractivity contribution in [3.05, 3.63) is 52.7 Å². The van der Waals surface area contributed by atoms with E-state index in [2.05, 4.69) is 37.9 Å². The molecule has 6 heteroatoms. The molecule has 0 N–H and O–H groups in total. The number of carbonyl (C=O) groups excluding carboxylic acids is 2. The zero-order chi connectivity index (χ0) is 22.2. The third kappa shape index (κ3) is 4.53. The van der Waals surface area contributed by atoms with Gasteiger partial charge in [0.2, 0.25) is 0 Å². The molecule has 0 radical (unpaired) electrons. The van der Waals surface area contributed by atoms with E-state index >= 15 is 0 Å². The molecule has 2 aliphatic rings. The van der Waals surface area contributed by atoms with Crippen molar-refractivity contribution < 1.29 is 14.0 Å². The molecule has 2 aliphatic heterocycles. The summed E-state index contributed by atoms with van der Waals surface area (Å²) in [6.45, 7) is 11.3. The molecule has 2 aromatic rings. The highest BCUT2D eigenvalue weighted by Gasteiger charge is 2.31. The number of nitrogens with zero attached hydrogens (tertiary/aromatic N) is 3. The molecule has 0 saturated carbocycles. The zero-order valence-corrected chi connectivity index (χ0v) is 19.1. The molecule has 2 amide bonds. The van der Waals surface area contributed by atoms with Crippen LogP contribution in [-0.2, 0) is 5.41 Å². The summed E-state index contributed by atoms with van der Waals surface area (Å²) in [5.74, 6) is 1.45. The maximum Gasteiger partial charge on any atom is 0.276 e. The van der Waals surface area contributed by atoms with Crippen LogP contribution in [0.25, 0.3) is 0 Å². The average Bonchev–Trinajstić information content (AvgIpc) is 3.42. The number of aryl methyl sites for hydroxylation is 1. The number of piperidine rings is 1. The molecule has 0 spiro atoms. The van der Waals surface area contributed by atoms with Crippen LogP contribution < -0.4 is 0 Å². The summed E-state index contributed by atoms with van der Waals surface area (Å²) >= 11 is 0. The van der Waals surface area contributed by atoms with Crippen molar-refractivity contribution in [1.82, 2.24) is 14.8 Å². The number of aromatic nitrogens is 1. The molecule has 2 saturated heterocycles. The number of likely N-dealkylation sites (tertiary alicyclic amines) is 2. The van der Waals surface area contributed by atoms with Gasteiger partial charge < -0.3 is 14.2 Å². The lowest BCUT2D eigenvalue weighted by molar-refractivity contribution is 0.0705. The molecular weight excluding hydrogens is 390 g/mol. The fourth-order valence-electron chi connectivity index (χ4n) is 4.48. The molecule has 0 aliphatic carbocycles. The second-order valence-electron chi connectivity index (χ2n) is 9.85. The van der Waals surface area contributed by atoms with Gasteiger partial charge in [0.05, 0.1) is 0 Å². The molecule has 4 rings (SSSR count). The Morgan fingerprint density at radius 2 is 1.52 bits per heavy atom. The van der Waals surface area contributed by atoms with Crippen LogP contribution in [0.1, 0.15) is 90.4 Å². The van der Waals surface area contributed by atoms with E-state index in [1.165, 1.54) is 5.56 Å². The summed E-state index contributed by atoms with van der Waals surface area (Å²) in [7, 11) is 0. The first kappa shape index (κ1) is 21.6. The minimum absolute atomic E-state index is 0.0173. The van der Waals surface area contributed by atoms with E-state index in [0.29, 0.717) is 30.4 Å². The van der Waals surface area contributed by atoms with Crippen LogP contribution in [0.15, 0.2) is 28.7 Å². The Morgan fingerprint density at radius 1 is 0.935 bits per heavy atom. The van der Waals surface area contributed by atoms with Crippen LogP contribution in [0.3, 0.4) is 0 Å². The van der Waals surface area contributed by atoms with Gasteiger partial charge in [0, 0.05) is 37.7 Å². The molecule has 0 bridgehead atoms. The van der Waals surface area contributed by atoms with Crippen LogP contribution in [-0.4, -0.2) is 52.8 Å². The summed E-state index contributed by atoms with van der Waals surface area (Å²) < 4.78 is 5.90. The van der Waals surface area contributed by atoms with Crippen molar-refractivity contribution >= 4 is 11.8 Å². The van der Waals surface area contributed by atoms with Crippen molar-refractivity contribution in [3.8, 4) is 0 Å². The van der Waals surface area contributed by atoms with Crippen LogP contribution in [0, 0.1) is 6.92 Å². The highest BCUT2D eigenvalue weighted by molar-refractivity contribution is 5.94. The van der Waals surface area contributed by atoms with E-state index < -0.39 is 0 Å². The van der Waals surface area contributed by atoms with Gasteiger partial charge in [-0.15, -0.1) is 0 Å². The number of oxazole rings is 1. The van der Waals surface area contributed by atoms with Crippen LogP contribution >= 0.6 is 0 Å². The summed E-state index contributed by atoms with van der Waals surface area (Å²) in [6, 6.07) is 7.97. The Balaban J connectivity index is 1.38. The lowest BCUT2D eigenvalue weighted by Gasteiger charge is -2.31. The van der Waals surface area contributed by atoms with E-state index in [-0.39, 0.29) is 23.1 Å². The average molecular weight is 424 g/mol. The topological polar surface area (TPSA) is 66.7 Å². The highest BCUT2D eigenvalue weighted by Crippen LogP contribution is 2.30. The van der Waals surface area contributed by atoms with Gasteiger partial charge in [-0.3, -0.25) is 9.59 Å². The molecule has 0 atom stereocenters. The second-order valence-corrected chi connectivity index (χ2v) is 9.85. The van der Waals surface area contributed by atoms with E-state index in [9.17, 15) is 9.59 Å². The number of benzene rings is 1. The number of amides is 2. The molecule has 6 nitrogen and oxygen atoms in total. The SMILES string of the molecule is Cc1oc(C2CCN(C(=O)c3ccc(C(C)(C)C)cc3)CC2)nc1C(=O)N1CCCC1. The van der Waals surface area contributed by atoms with Crippen molar-refractivity contribution in [3.63, 3.8) is 0 Å². The normalized spacial score (nSPS) is 17.9. The molecule has 0 unspecified atom stereocenters. The Labute approximate surface area is 184 Å². The third-order valence-corrected chi connectivity index (χ3v) is 6.54. The zero-order valence-electron chi connectivity index (χ0n) is 19.1. The van der Waals surface area contributed by atoms with E-state index in [1.54, 1.807) is 0 Å². The molecule has 166 valence electrons. The van der Waals surface area contributed by atoms with Crippen LogP contribution in [0.5, 0.6) is 0 Å². The van der Waals surface area contributed by atoms with Gasteiger partial charge in [-0.25, -0.2) is 4.98 Å². The van der Waals surface area contributed by atoms with Crippen molar-refractivity contribution in [1.29, 1.82) is 0 Å². The first-order valence-corrected chi connectivity index (χ1v) is 11.4. The van der Waals surface area contributed by atoms with Gasteiger partial charge in [0.25, 0.3) is 11.8 Å². The predicted octanol–water partition coefficient (Wildman–Crippen LogP) is 4.54. The first-order valence-electron chi connectivity index (χ1n) is 11.4. The van der Waals surface area contributed by atoms with Crippen molar-refractivity contribution in [2.24, 2.45) is 0 Å². The minimum Gasteiger partial charge on any atom is -0.445 e. The molecule has 1 aromatic heterocycles. The number of hydrogen-bond donors (Lipinski definition) is 0. The number of carbonyl (C=O) groups is 2. The van der Waals surface area contributed by atoms with E-state index in [4.69, 9.17) is 4.42 Å². The molecule has 3 heterocycles. The quantitative estimate of drug-likeness (QED) is 0.727. The van der Waals surface area contributed by atoms with Gasteiger partial charge >= 0.3 is 0 Å². The molecular formula is C25H33N3O3. The standard InChI is InChI=1S/C25H33N3O3/c1-17-21(24(30)27-13-5-6-14-27)26-22(31-17)18-11-15-28(16-12-18)23(29)19-7-9-20(10-8-19)25(2,3)4/h7-10,18H,5-6,11-16H2,1-4H3. The first-order chi connectivity index (χ1) is 14.7. The predicted molar refractivity (Wildman–Crippen MR) is 119 cm³/mol. The van der Waals surface area contributed by atoms with Gasteiger partial charge in [-0.1, -0.05) is 32.9 Å². The summed E-state index contributed by atoms with van der Waals surface area (Å²) in [4.78, 5) is 34.0. The lowest BCUT2D eigenvalue weighted by Crippen LogP contribution is -2.38. The maximum absolute atomic E-state index is 12.9. The largest absolute Gasteiger partial charge is 0.445 e. The number of rotatable bonds is 3. The van der Waals surface area contributed by atoms with Gasteiger partial charge in [0.15, 0.2) is 11.6 Å². The highest BCUT2D eigenvalue weighted by atomic mass is 16.4. The van der Waals surface area contributed by atoms with Gasteiger partial charge in [0.1, 0.15) is 5.76 Å². The Morgan fingerprint density at radius 3 is 2.10 bits per heavy atom. The van der Waals surface area contributed by atoms with Crippen molar-refractivity contribution in [2.45, 2.75) is 64.7 Å². The third-order valence-electron chi connectivity index (χ3n) is 6.54.